The maximum absolute atomic E-state index is 11.2. The van der Waals surface area contributed by atoms with Gasteiger partial charge in [-0.3, -0.25) is 0 Å². The molecule has 1 aromatic heterocycles. The summed E-state index contributed by atoms with van der Waals surface area (Å²) in [7, 11) is 0. The molecule has 0 atom stereocenters. The van der Waals surface area contributed by atoms with Gasteiger partial charge in [-0.05, 0) is 30.7 Å². The summed E-state index contributed by atoms with van der Waals surface area (Å²) in [4.78, 5) is 11.2. The van der Waals surface area contributed by atoms with Gasteiger partial charge in [0.15, 0.2) is 0 Å². The maximum Gasteiger partial charge on any atom is 0.335 e. The van der Waals surface area contributed by atoms with Crippen LogP contribution in [-0.2, 0) is 6.42 Å². The third-order valence-corrected chi connectivity index (χ3v) is 5.01. The Morgan fingerprint density at radius 2 is 2.00 bits per heavy atom. The fraction of sp³-hybridized carbons (Fsp3) is 0.111. The molecule has 0 saturated carbocycles. The molecule has 0 unspecified atom stereocenters. The van der Waals surface area contributed by atoms with E-state index in [4.69, 9.17) is 28.3 Å². The molecule has 1 aliphatic heterocycles. The van der Waals surface area contributed by atoms with Crippen LogP contribution in [0.15, 0.2) is 42.5 Å². The second-order valence-electron chi connectivity index (χ2n) is 5.72. The van der Waals surface area contributed by atoms with Gasteiger partial charge in [0.1, 0.15) is 5.82 Å². The molecule has 0 radical (unpaired) electrons. The van der Waals surface area contributed by atoms with E-state index in [9.17, 15) is 9.90 Å². The maximum atomic E-state index is 11.2. The number of carboxylic acids is 1. The summed E-state index contributed by atoms with van der Waals surface area (Å²) in [5.41, 5.74) is 3.46. The molecule has 25 heavy (non-hydrogen) atoms. The number of nitrogens with zero attached hydrogens (tertiary/aromatic N) is 2. The highest BCUT2D eigenvalue weighted by Gasteiger charge is 2.25. The van der Waals surface area contributed by atoms with Gasteiger partial charge >= 0.3 is 5.97 Å². The van der Waals surface area contributed by atoms with Crippen molar-refractivity contribution in [2.45, 2.75) is 6.42 Å². The number of benzene rings is 2. The molecule has 1 aliphatic rings. The highest BCUT2D eigenvalue weighted by Crippen LogP contribution is 2.39. The van der Waals surface area contributed by atoms with Gasteiger partial charge in [-0.1, -0.05) is 41.4 Å². The monoisotopic (exact) mass is 373 g/mol. The summed E-state index contributed by atoms with van der Waals surface area (Å²) in [5, 5.41) is 18.2. The molecule has 0 aliphatic carbocycles. The highest BCUT2D eigenvalue weighted by molar-refractivity contribution is 6.43. The van der Waals surface area contributed by atoms with Crippen molar-refractivity contribution >= 4 is 35.0 Å². The van der Waals surface area contributed by atoms with Crippen molar-refractivity contribution in [3.8, 4) is 16.9 Å². The van der Waals surface area contributed by atoms with E-state index in [-0.39, 0.29) is 5.56 Å². The average Bonchev–Trinajstić information content (AvgIpc) is 3.20. The van der Waals surface area contributed by atoms with Gasteiger partial charge in [-0.25, -0.2) is 9.48 Å². The van der Waals surface area contributed by atoms with Crippen LogP contribution in [0, 0.1) is 0 Å². The van der Waals surface area contributed by atoms with Crippen LogP contribution in [0.5, 0.6) is 0 Å². The van der Waals surface area contributed by atoms with Crippen molar-refractivity contribution in [3.63, 3.8) is 0 Å². The van der Waals surface area contributed by atoms with E-state index in [1.54, 1.807) is 28.9 Å². The summed E-state index contributed by atoms with van der Waals surface area (Å²) in [6.45, 7) is 0.789. The van der Waals surface area contributed by atoms with Crippen molar-refractivity contribution in [2.24, 2.45) is 0 Å². The van der Waals surface area contributed by atoms with Crippen molar-refractivity contribution in [3.05, 3.63) is 63.6 Å². The first kappa shape index (κ1) is 16.0. The fourth-order valence-electron chi connectivity index (χ4n) is 3.04. The van der Waals surface area contributed by atoms with Crippen LogP contribution in [0.4, 0.5) is 5.82 Å². The molecule has 0 amide bonds. The minimum Gasteiger partial charge on any atom is -0.478 e. The number of nitrogens with one attached hydrogen (secondary N) is 1. The number of anilines is 1. The first-order chi connectivity index (χ1) is 12.1. The predicted molar refractivity (Wildman–Crippen MR) is 98.2 cm³/mol. The molecule has 0 saturated heterocycles. The Morgan fingerprint density at radius 1 is 1.20 bits per heavy atom. The van der Waals surface area contributed by atoms with E-state index in [0.29, 0.717) is 15.7 Å². The van der Waals surface area contributed by atoms with Crippen LogP contribution in [0.25, 0.3) is 16.9 Å². The largest absolute Gasteiger partial charge is 0.478 e. The molecule has 0 bridgehead atoms. The Labute approximate surface area is 153 Å². The zero-order valence-electron chi connectivity index (χ0n) is 13.0. The standard InChI is InChI=1S/C18H13Cl2N3O2/c19-14-6-2-5-12(15(14)20)16-13-7-8-21-17(13)23(22-16)11-4-1-3-10(9-11)18(24)25/h1-6,9,21H,7-8H2,(H,24,25). The number of aromatic carboxylic acids is 1. The lowest BCUT2D eigenvalue weighted by Gasteiger charge is -2.07. The van der Waals surface area contributed by atoms with Crippen LogP contribution in [0.3, 0.4) is 0 Å². The second-order valence-corrected chi connectivity index (χ2v) is 6.51. The molecule has 3 aromatic rings. The van der Waals surface area contributed by atoms with Gasteiger partial charge in [0, 0.05) is 17.7 Å². The minimum atomic E-state index is -0.975. The molecular formula is C18H13Cl2N3O2. The summed E-state index contributed by atoms with van der Waals surface area (Å²) < 4.78 is 1.72. The number of halogens is 2. The van der Waals surface area contributed by atoms with Crippen LogP contribution in [0.2, 0.25) is 10.0 Å². The number of hydrogen-bond donors (Lipinski definition) is 2. The number of rotatable bonds is 3. The van der Waals surface area contributed by atoms with E-state index in [1.807, 2.05) is 18.2 Å². The number of hydrogen-bond acceptors (Lipinski definition) is 3. The van der Waals surface area contributed by atoms with Crippen molar-refractivity contribution in [1.29, 1.82) is 0 Å². The molecule has 2 aromatic carbocycles. The Bertz CT molecular complexity index is 998. The Kier molecular flexibility index (Phi) is 3.90. The number of carbonyl (C=O) groups is 1. The Balaban J connectivity index is 1.91. The first-order valence-corrected chi connectivity index (χ1v) is 8.45. The van der Waals surface area contributed by atoms with E-state index < -0.39 is 5.97 Å². The van der Waals surface area contributed by atoms with Crippen LogP contribution >= 0.6 is 23.2 Å². The molecule has 7 heteroatoms. The lowest BCUT2D eigenvalue weighted by molar-refractivity contribution is 0.0697. The average molecular weight is 374 g/mol. The van der Waals surface area contributed by atoms with Gasteiger partial charge in [0.2, 0.25) is 0 Å². The lowest BCUT2D eigenvalue weighted by atomic mass is 10.1. The van der Waals surface area contributed by atoms with Gasteiger partial charge < -0.3 is 10.4 Å². The Hall–Kier alpha value is -2.50. The van der Waals surface area contributed by atoms with E-state index in [1.165, 1.54) is 0 Å². The normalized spacial score (nSPS) is 12.7. The number of carboxylic acid groups (broad SMARTS) is 1. The quantitative estimate of drug-likeness (QED) is 0.708. The number of fused-ring (bicyclic) bond motifs is 1. The second kappa shape index (κ2) is 6.10. The summed E-state index contributed by atoms with van der Waals surface area (Å²) in [6, 6.07) is 12.1. The van der Waals surface area contributed by atoms with Crippen molar-refractivity contribution in [1.82, 2.24) is 9.78 Å². The third kappa shape index (κ3) is 2.65. The third-order valence-electron chi connectivity index (χ3n) is 4.20. The van der Waals surface area contributed by atoms with E-state index in [0.717, 1.165) is 35.6 Å². The van der Waals surface area contributed by atoms with Gasteiger partial charge in [-0.2, -0.15) is 5.10 Å². The van der Waals surface area contributed by atoms with Crippen LogP contribution in [-0.4, -0.2) is 27.4 Å². The van der Waals surface area contributed by atoms with Crippen LogP contribution < -0.4 is 5.32 Å². The molecule has 0 fully saturated rings. The van der Waals surface area contributed by atoms with Gasteiger partial charge in [0.05, 0.1) is 27.0 Å². The Morgan fingerprint density at radius 3 is 2.80 bits per heavy atom. The zero-order chi connectivity index (χ0) is 17.6. The van der Waals surface area contributed by atoms with E-state index >= 15 is 0 Å². The van der Waals surface area contributed by atoms with E-state index in [2.05, 4.69) is 5.32 Å². The zero-order valence-corrected chi connectivity index (χ0v) is 14.5. The molecular weight excluding hydrogens is 361 g/mol. The van der Waals surface area contributed by atoms with Crippen molar-refractivity contribution < 1.29 is 9.90 Å². The topological polar surface area (TPSA) is 67.1 Å². The fourth-order valence-corrected chi connectivity index (χ4v) is 3.43. The molecule has 5 nitrogen and oxygen atoms in total. The summed E-state index contributed by atoms with van der Waals surface area (Å²) >= 11 is 12.5. The molecule has 2 N–H and O–H groups in total. The predicted octanol–water partition coefficient (Wildman–Crippen LogP) is 4.51. The minimum absolute atomic E-state index is 0.210. The smallest absolute Gasteiger partial charge is 0.335 e. The SMILES string of the molecule is O=C(O)c1cccc(-n2nc(-c3cccc(Cl)c3Cl)c3c2NCC3)c1. The van der Waals surface area contributed by atoms with Crippen LogP contribution in [0.1, 0.15) is 15.9 Å². The van der Waals surface area contributed by atoms with Gasteiger partial charge in [0.25, 0.3) is 0 Å². The molecule has 126 valence electrons. The van der Waals surface area contributed by atoms with Gasteiger partial charge in [-0.15, -0.1) is 0 Å². The number of aromatic nitrogens is 2. The molecule has 2 heterocycles. The summed E-state index contributed by atoms with van der Waals surface area (Å²) in [5.74, 6) is -0.120. The van der Waals surface area contributed by atoms with Crippen molar-refractivity contribution in [2.75, 3.05) is 11.9 Å². The molecule has 4 rings (SSSR count). The highest BCUT2D eigenvalue weighted by atomic mass is 35.5. The first-order valence-electron chi connectivity index (χ1n) is 7.70. The lowest BCUT2D eigenvalue weighted by Crippen LogP contribution is -2.05. The summed E-state index contributed by atoms with van der Waals surface area (Å²) in [6.07, 6.45) is 0.812. The molecule has 0 spiro atoms.